The molecule has 0 spiro atoms. The molecular formula is C21H21N3O5. The molecule has 0 atom stereocenters. The zero-order chi connectivity index (χ0) is 20.2. The van der Waals surface area contributed by atoms with Gasteiger partial charge in [-0.15, -0.1) is 0 Å². The van der Waals surface area contributed by atoms with E-state index in [0.717, 1.165) is 11.1 Å². The molecule has 0 unspecified atom stereocenters. The maximum atomic E-state index is 12.4. The van der Waals surface area contributed by atoms with Gasteiger partial charge in [0.05, 0.1) is 19.9 Å². The smallest absolute Gasteiger partial charge is 0.269 e. The van der Waals surface area contributed by atoms with Crippen LogP contribution >= 0.6 is 0 Å². The number of hydrogen-bond acceptors (Lipinski definition) is 6. The van der Waals surface area contributed by atoms with Crippen LogP contribution in [-0.4, -0.2) is 43.7 Å². The second kappa shape index (κ2) is 8.14. The Labute approximate surface area is 167 Å². The molecule has 1 aliphatic rings. The van der Waals surface area contributed by atoms with Crippen molar-refractivity contribution < 1.29 is 23.7 Å². The van der Waals surface area contributed by atoms with Crippen LogP contribution in [0.5, 0.6) is 23.0 Å². The molecule has 0 saturated heterocycles. The molecule has 0 fully saturated rings. The number of nitrogens with one attached hydrogen (secondary N) is 2. The van der Waals surface area contributed by atoms with Crippen molar-refractivity contribution in [2.45, 2.75) is 6.42 Å². The predicted octanol–water partition coefficient (Wildman–Crippen LogP) is 2.80. The number of hydrogen-bond donors (Lipinski definition) is 2. The van der Waals surface area contributed by atoms with Crippen LogP contribution in [0.4, 0.5) is 0 Å². The molecular weight excluding hydrogens is 374 g/mol. The summed E-state index contributed by atoms with van der Waals surface area (Å²) in [6.45, 7) is 0.694. The monoisotopic (exact) mass is 395 g/mol. The van der Waals surface area contributed by atoms with Crippen LogP contribution in [0, 0.1) is 0 Å². The molecule has 2 heterocycles. The lowest BCUT2D eigenvalue weighted by Gasteiger charge is -2.09. The number of aromatic nitrogens is 2. The van der Waals surface area contributed by atoms with E-state index in [1.165, 1.54) is 0 Å². The first-order valence-electron chi connectivity index (χ1n) is 9.12. The molecule has 1 aliphatic heterocycles. The minimum absolute atomic E-state index is 0.215. The highest BCUT2D eigenvalue weighted by molar-refractivity contribution is 5.93. The van der Waals surface area contributed by atoms with Gasteiger partial charge in [-0.25, -0.2) is 0 Å². The van der Waals surface area contributed by atoms with Crippen molar-refractivity contribution in [1.82, 2.24) is 15.5 Å². The van der Waals surface area contributed by atoms with E-state index < -0.39 is 0 Å². The standard InChI is InChI=1S/C21H21N3O5/c1-26-17-5-3-13(9-19(17)27-2)7-8-22-21(25)16-11-15(23-24-16)14-4-6-18-20(10-14)29-12-28-18/h3-6,9-11H,7-8,12H2,1-2H3,(H,22,25)(H,23,24). The lowest BCUT2D eigenvalue weighted by Crippen LogP contribution is -2.26. The van der Waals surface area contributed by atoms with Crippen LogP contribution < -0.4 is 24.3 Å². The molecule has 1 amide bonds. The van der Waals surface area contributed by atoms with Crippen LogP contribution in [-0.2, 0) is 6.42 Å². The van der Waals surface area contributed by atoms with E-state index >= 15 is 0 Å². The second-order valence-electron chi connectivity index (χ2n) is 6.43. The third-order valence-corrected chi connectivity index (χ3v) is 4.64. The van der Waals surface area contributed by atoms with Crippen molar-refractivity contribution in [3.05, 3.63) is 53.7 Å². The topological polar surface area (TPSA) is 94.7 Å². The summed E-state index contributed by atoms with van der Waals surface area (Å²) in [6.07, 6.45) is 0.662. The molecule has 2 N–H and O–H groups in total. The van der Waals surface area contributed by atoms with Crippen molar-refractivity contribution in [1.29, 1.82) is 0 Å². The Bertz CT molecular complexity index is 1030. The average molecular weight is 395 g/mol. The van der Waals surface area contributed by atoms with Gasteiger partial charge in [-0.05, 0) is 48.4 Å². The van der Waals surface area contributed by atoms with E-state index in [4.69, 9.17) is 18.9 Å². The van der Waals surface area contributed by atoms with E-state index in [1.807, 2.05) is 36.4 Å². The number of nitrogens with zero attached hydrogens (tertiary/aromatic N) is 1. The Morgan fingerprint density at radius 2 is 1.90 bits per heavy atom. The highest BCUT2D eigenvalue weighted by atomic mass is 16.7. The van der Waals surface area contributed by atoms with Gasteiger partial charge < -0.3 is 24.3 Å². The summed E-state index contributed by atoms with van der Waals surface area (Å²) in [5.41, 5.74) is 2.93. The molecule has 0 bridgehead atoms. The van der Waals surface area contributed by atoms with Crippen LogP contribution in [0.25, 0.3) is 11.3 Å². The maximum absolute atomic E-state index is 12.4. The summed E-state index contributed by atoms with van der Waals surface area (Å²) in [5.74, 6) is 2.50. The normalized spacial score (nSPS) is 11.9. The molecule has 4 rings (SSSR count). The largest absolute Gasteiger partial charge is 0.493 e. The fourth-order valence-electron chi connectivity index (χ4n) is 3.09. The number of benzene rings is 2. The molecule has 0 radical (unpaired) electrons. The van der Waals surface area contributed by atoms with Gasteiger partial charge in [-0.2, -0.15) is 5.10 Å². The average Bonchev–Trinajstić information content (AvgIpc) is 3.42. The van der Waals surface area contributed by atoms with Crippen molar-refractivity contribution in [3.63, 3.8) is 0 Å². The number of ether oxygens (including phenoxy) is 4. The van der Waals surface area contributed by atoms with E-state index in [-0.39, 0.29) is 12.7 Å². The van der Waals surface area contributed by atoms with Gasteiger partial charge in [-0.3, -0.25) is 9.89 Å². The van der Waals surface area contributed by atoms with Crippen molar-refractivity contribution in [2.24, 2.45) is 0 Å². The summed E-state index contributed by atoms with van der Waals surface area (Å²) in [6, 6.07) is 13.0. The minimum Gasteiger partial charge on any atom is -0.493 e. The lowest BCUT2D eigenvalue weighted by atomic mass is 10.1. The third kappa shape index (κ3) is 3.96. The summed E-state index contributed by atoms with van der Waals surface area (Å²) < 4.78 is 21.2. The van der Waals surface area contributed by atoms with Gasteiger partial charge in [0.2, 0.25) is 6.79 Å². The zero-order valence-corrected chi connectivity index (χ0v) is 16.2. The number of amides is 1. The maximum Gasteiger partial charge on any atom is 0.269 e. The van der Waals surface area contributed by atoms with Gasteiger partial charge in [-0.1, -0.05) is 6.07 Å². The van der Waals surface area contributed by atoms with E-state index in [0.29, 0.717) is 47.4 Å². The van der Waals surface area contributed by atoms with Crippen molar-refractivity contribution >= 4 is 5.91 Å². The summed E-state index contributed by atoms with van der Waals surface area (Å²) in [7, 11) is 3.19. The van der Waals surface area contributed by atoms with Crippen LogP contribution in [0.3, 0.4) is 0 Å². The summed E-state index contributed by atoms with van der Waals surface area (Å²) in [4.78, 5) is 12.4. The summed E-state index contributed by atoms with van der Waals surface area (Å²) >= 11 is 0. The molecule has 29 heavy (non-hydrogen) atoms. The van der Waals surface area contributed by atoms with Gasteiger partial charge in [0.25, 0.3) is 5.91 Å². The number of H-pyrrole nitrogens is 1. The Balaban J connectivity index is 1.36. The molecule has 8 heteroatoms. The Morgan fingerprint density at radius 1 is 1.07 bits per heavy atom. The van der Waals surface area contributed by atoms with Crippen LogP contribution in [0.15, 0.2) is 42.5 Å². The Morgan fingerprint density at radius 3 is 2.72 bits per heavy atom. The molecule has 8 nitrogen and oxygen atoms in total. The highest BCUT2D eigenvalue weighted by Gasteiger charge is 2.16. The van der Waals surface area contributed by atoms with Crippen molar-refractivity contribution in [2.75, 3.05) is 27.6 Å². The first-order valence-corrected chi connectivity index (χ1v) is 9.12. The third-order valence-electron chi connectivity index (χ3n) is 4.64. The van der Waals surface area contributed by atoms with Crippen LogP contribution in [0.2, 0.25) is 0 Å². The predicted molar refractivity (Wildman–Crippen MR) is 106 cm³/mol. The van der Waals surface area contributed by atoms with Crippen molar-refractivity contribution in [3.8, 4) is 34.3 Å². The number of carbonyl (C=O) groups excluding carboxylic acids is 1. The van der Waals surface area contributed by atoms with Gasteiger partial charge in [0.15, 0.2) is 23.0 Å². The molecule has 0 aliphatic carbocycles. The number of methoxy groups -OCH3 is 2. The fraction of sp³-hybridized carbons (Fsp3) is 0.238. The van der Waals surface area contributed by atoms with Gasteiger partial charge in [0, 0.05) is 12.1 Å². The number of fused-ring (bicyclic) bond motifs is 1. The molecule has 1 aromatic heterocycles. The molecule has 150 valence electrons. The van der Waals surface area contributed by atoms with E-state index in [2.05, 4.69) is 15.5 Å². The van der Waals surface area contributed by atoms with Crippen LogP contribution in [0.1, 0.15) is 16.1 Å². The summed E-state index contributed by atoms with van der Waals surface area (Å²) in [5, 5.41) is 9.90. The SMILES string of the molecule is COc1ccc(CCNC(=O)c2cc(-c3ccc4c(c3)OCO4)n[nH]2)cc1OC. The molecule has 2 aromatic carbocycles. The first-order chi connectivity index (χ1) is 14.2. The van der Waals surface area contributed by atoms with Gasteiger partial charge >= 0.3 is 0 Å². The van der Waals surface area contributed by atoms with E-state index in [9.17, 15) is 4.79 Å². The zero-order valence-electron chi connectivity index (χ0n) is 16.2. The van der Waals surface area contributed by atoms with E-state index in [1.54, 1.807) is 20.3 Å². The first kappa shape index (κ1) is 18.7. The quantitative estimate of drug-likeness (QED) is 0.639. The fourth-order valence-corrected chi connectivity index (χ4v) is 3.09. The highest BCUT2D eigenvalue weighted by Crippen LogP contribution is 2.35. The number of aromatic amines is 1. The lowest BCUT2D eigenvalue weighted by molar-refractivity contribution is 0.0949. The molecule has 3 aromatic rings. The van der Waals surface area contributed by atoms with Gasteiger partial charge in [0.1, 0.15) is 5.69 Å². The number of carbonyl (C=O) groups is 1. The molecule has 0 saturated carbocycles. The Hall–Kier alpha value is -3.68. The second-order valence-corrected chi connectivity index (χ2v) is 6.43. The minimum atomic E-state index is -0.218. The Kier molecular flexibility index (Phi) is 5.24. The number of rotatable bonds is 7.